The summed E-state index contributed by atoms with van der Waals surface area (Å²) >= 11 is 0. The van der Waals surface area contributed by atoms with E-state index >= 15 is 0 Å². The Kier molecular flexibility index (Phi) is 30.2. The number of rotatable bonds is 36. The summed E-state index contributed by atoms with van der Waals surface area (Å²) in [5, 5.41) is 41.4. The van der Waals surface area contributed by atoms with Gasteiger partial charge in [0.05, 0.1) is 6.61 Å². The maximum absolute atomic E-state index is 11.8. The molecule has 0 bridgehead atoms. The number of aliphatic hydroxyl groups is 3. The average molecular weight is 699 g/mol. The van der Waals surface area contributed by atoms with Crippen molar-refractivity contribution >= 4 is 5.97 Å². The van der Waals surface area contributed by atoms with Crippen LogP contribution in [0, 0.1) is 0 Å². The van der Waals surface area contributed by atoms with Crippen LogP contribution in [-0.2, 0) is 14.3 Å². The van der Waals surface area contributed by atoms with Crippen LogP contribution in [0.25, 0.3) is 0 Å². The summed E-state index contributed by atoms with van der Waals surface area (Å²) < 4.78 is 11.9. The highest BCUT2D eigenvalue weighted by Gasteiger charge is 2.56. The smallest absolute Gasteiger partial charge is 0.335 e. The second-order valence-corrected chi connectivity index (χ2v) is 15.3. The maximum atomic E-state index is 11.8. The first-order chi connectivity index (χ1) is 23.9. The average Bonchev–Trinajstić information content (AvgIpc) is 3.09. The Morgan fingerprint density at radius 3 is 1.12 bits per heavy atom. The van der Waals surface area contributed by atoms with E-state index in [9.17, 15) is 25.2 Å². The Bertz CT molecular complexity index is 734. The molecule has 0 aromatic rings. The predicted octanol–water partition coefficient (Wildman–Crippen LogP) is 11.2. The van der Waals surface area contributed by atoms with Gasteiger partial charge in [-0.1, -0.05) is 206 Å². The van der Waals surface area contributed by atoms with Crippen molar-refractivity contribution in [3.8, 4) is 0 Å². The summed E-state index contributed by atoms with van der Waals surface area (Å²) in [6, 6.07) is 0. The third kappa shape index (κ3) is 22.7. The van der Waals surface area contributed by atoms with Crippen molar-refractivity contribution < 1.29 is 34.7 Å². The molecule has 0 saturated carbocycles. The number of hydrogen-bond donors (Lipinski definition) is 4. The molecule has 0 aromatic carbocycles. The van der Waals surface area contributed by atoms with E-state index in [1.165, 1.54) is 161 Å². The molecule has 0 radical (unpaired) electrons. The quantitative estimate of drug-likeness (QED) is 0.0481. The van der Waals surface area contributed by atoms with E-state index < -0.39 is 36.2 Å². The molecule has 4 N–H and O–H groups in total. The zero-order valence-corrected chi connectivity index (χ0v) is 32.4. The molecule has 0 aliphatic carbocycles. The Morgan fingerprint density at radius 1 is 0.490 bits per heavy atom. The van der Waals surface area contributed by atoms with Crippen LogP contribution in [0.2, 0.25) is 0 Å². The van der Waals surface area contributed by atoms with Crippen LogP contribution in [0.1, 0.15) is 226 Å². The van der Waals surface area contributed by atoms with E-state index in [-0.39, 0.29) is 0 Å². The fraction of sp³-hybridized carbons (Fsp3) is 0.976. The second-order valence-electron chi connectivity index (χ2n) is 15.3. The van der Waals surface area contributed by atoms with E-state index in [2.05, 4.69) is 13.8 Å². The lowest BCUT2D eigenvalue weighted by atomic mass is 9.88. The molecule has 0 spiro atoms. The molecule has 0 amide bonds. The normalized spacial score (nSPS) is 22.6. The summed E-state index contributed by atoms with van der Waals surface area (Å²) in [5.41, 5.74) is 0. The van der Waals surface area contributed by atoms with E-state index in [4.69, 9.17) is 9.47 Å². The molecule has 1 fully saturated rings. The Morgan fingerprint density at radius 2 is 0.796 bits per heavy atom. The first-order valence-corrected chi connectivity index (χ1v) is 21.5. The number of carboxylic acid groups (broad SMARTS) is 1. The highest BCUT2D eigenvalue weighted by Crippen LogP contribution is 2.36. The van der Waals surface area contributed by atoms with Gasteiger partial charge in [-0.15, -0.1) is 0 Å². The zero-order valence-electron chi connectivity index (χ0n) is 32.4. The molecule has 7 heteroatoms. The van der Waals surface area contributed by atoms with Gasteiger partial charge in [0.2, 0.25) is 0 Å². The molecule has 1 heterocycles. The van der Waals surface area contributed by atoms with Gasteiger partial charge in [0.1, 0.15) is 18.3 Å². The summed E-state index contributed by atoms with van der Waals surface area (Å²) in [5.74, 6) is -2.98. The molecule has 0 aromatic heterocycles. The molecule has 1 aliphatic rings. The summed E-state index contributed by atoms with van der Waals surface area (Å²) in [7, 11) is 0. The Labute approximate surface area is 302 Å². The maximum Gasteiger partial charge on any atom is 0.335 e. The van der Waals surface area contributed by atoms with Gasteiger partial charge in [0, 0.05) is 6.42 Å². The van der Waals surface area contributed by atoms with Crippen LogP contribution < -0.4 is 0 Å². The van der Waals surface area contributed by atoms with Crippen molar-refractivity contribution in [2.75, 3.05) is 6.61 Å². The lowest BCUT2D eigenvalue weighted by Gasteiger charge is -2.47. The first-order valence-electron chi connectivity index (χ1n) is 21.5. The fourth-order valence-electron chi connectivity index (χ4n) is 7.39. The van der Waals surface area contributed by atoms with E-state index in [0.717, 1.165) is 38.5 Å². The molecule has 49 heavy (non-hydrogen) atoms. The number of carbonyl (C=O) groups is 1. The summed E-state index contributed by atoms with van der Waals surface area (Å²) in [4.78, 5) is 11.8. The highest BCUT2D eigenvalue weighted by atomic mass is 16.7. The first kappa shape index (κ1) is 46.3. The third-order valence-electron chi connectivity index (χ3n) is 10.7. The van der Waals surface area contributed by atoms with Crippen molar-refractivity contribution in [2.24, 2.45) is 0 Å². The largest absolute Gasteiger partial charge is 0.479 e. The minimum atomic E-state index is -1.70. The number of hydrogen-bond acceptors (Lipinski definition) is 6. The molecule has 1 rings (SSSR count). The number of carboxylic acids is 1. The highest BCUT2D eigenvalue weighted by molar-refractivity contribution is 5.73. The fourth-order valence-corrected chi connectivity index (χ4v) is 7.39. The van der Waals surface area contributed by atoms with Crippen molar-refractivity contribution in [2.45, 2.75) is 256 Å². The van der Waals surface area contributed by atoms with E-state index in [1.54, 1.807) is 0 Å². The van der Waals surface area contributed by atoms with Crippen LogP contribution in [0.15, 0.2) is 0 Å². The number of unbranched alkanes of at least 4 members (excludes halogenated alkanes) is 30. The molecule has 292 valence electrons. The standard InChI is InChI=1S/C42H82O7/c1-3-5-7-9-11-13-15-17-19-21-23-25-27-29-31-33-35-42(40(45)38(44)37(43)39(49-42)41(46)47)48-36-34-32-30-28-26-24-22-20-18-16-14-12-10-8-6-4-2/h37-40,43-45H,3-36H2,1-2H3,(H,46,47)/t37-,38+,39+,40-,42?/m1/s1. The SMILES string of the molecule is CCCCCCCCCCCCCCCCCCOC1(CCCCCCCCCCCCCCCCCC)O[C@H](C(=O)O)[C@H](O)[C@H](O)[C@H]1O. The van der Waals surface area contributed by atoms with Crippen molar-refractivity contribution in [3.05, 3.63) is 0 Å². The van der Waals surface area contributed by atoms with Gasteiger partial charge in [-0.2, -0.15) is 0 Å². The molecule has 7 nitrogen and oxygen atoms in total. The van der Waals surface area contributed by atoms with Crippen LogP contribution in [0.3, 0.4) is 0 Å². The topological polar surface area (TPSA) is 116 Å². The van der Waals surface area contributed by atoms with Gasteiger partial charge in [-0.3, -0.25) is 0 Å². The number of aliphatic hydroxyl groups excluding tert-OH is 3. The van der Waals surface area contributed by atoms with Crippen LogP contribution >= 0.6 is 0 Å². The predicted molar refractivity (Wildman–Crippen MR) is 203 cm³/mol. The van der Waals surface area contributed by atoms with Gasteiger partial charge < -0.3 is 29.9 Å². The van der Waals surface area contributed by atoms with Crippen molar-refractivity contribution in [3.63, 3.8) is 0 Å². The lowest BCUT2D eigenvalue weighted by molar-refractivity contribution is -0.359. The number of aliphatic carboxylic acids is 1. The number of ether oxygens (including phenoxy) is 2. The van der Waals surface area contributed by atoms with Crippen LogP contribution in [0.5, 0.6) is 0 Å². The minimum absolute atomic E-state index is 0.291. The molecule has 1 aliphatic heterocycles. The molecular formula is C42H82O7. The van der Waals surface area contributed by atoms with Gasteiger partial charge in [0.15, 0.2) is 11.9 Å². The third-order valence-corrected chi connectivity index (χ3v) is 10.7. The lowest BCUT2D eigenvalue weighted by Crippen LogP contribution is -2.67. The van der Waals surface area contributed by atoms with Gasteiger partial charge in [0.25, 0.3) is 0 Å². The van der Waals surface area contributed by atoms with E-state index in [0.29, 0.717) is 19.4 Å². The Hall–Kier alpha value is -0.730. The van der Waals surface area contributed by atoms with Gasteiger partial charge in [-0.25, -0.2) is 4.79 Å². The van der Waals surface area contributed by atoms with Gasteiger partial charge >= 0.3 is 5.97 Å². The second kappa shape index (κ2) is 32.0. The summed E-state index contributed by atoms with van der Waals surface area (Å²) in [6.07, 6.45) is 34.2. The van der Waals surface area contributed by atoms with Crippen molar-refractivity contribution in [1.82, 2.24) is 0 Å². The van der Waals surface area contributed by atoms with E-state index in [1.807, 2.05) is 0 Å². The molecular weight excluding hydrogens is 616 g/mol. The monoisotopic (exact) mass is 699 g/mol. The molecule has 1 saturated heterocycles. The van der Waals surface area contributed by atoms with Crippen LogP contribution in [-0.4, -0.2) is 63.2 Å². The Balaban J connectivity index is 2.24. The van der Waals surface area contributed by atoms with Crippen LogP contribution in [0.4, 0.5) is 0 Å². The van der Waals surface area contributed by atoms with Crippen molar-refractivity contribution in [1.29, 1.82) is 0 Å². The zero-order chi connectivity index (χ0) is 35.8. The molecule has 1 unspecified atom stereocenters. The van der Waals surface area contributed by atoms with Gasteiger partial charge in [-0.05, 0) is 12.8 Å². The molecule has 5 atom stereocenters. The minimum Gasteiger partial charge on any atom is -0.479 e. The summed E-state index contributed by atoms with van der Waals surface area (Å²) in [6.45, 7) is 4.86.